The first-order chi connectivity index (χ1) is 9.20. The molecule has 0 aliphatic heterocycles. The zero-order valence-corrected chi connectivity index (χ0v) is 12.6. The molecule has 1 aromatic heterocycles. The topological polar surface area (TPSA) is 53.1 Å². The Kier molecular flexibility index (Phi) is 4.99. The largest absolute Gasteiger partial charge is 0.492 e. The molecule has 0 saturated carbocycles. The summed E-state index contributed by atoms with van der Waals surface area (Å²) in [6.45, 7) is 4.05. The average molecular weight is 324 g/mol. The number of ether oxygens (including phenoxy) is 1. The molecule has 0 aliphatic carbocycles. The van der Waals surface area contributed by atoms with Gasteiger partial charge in [-0.05, 0) is 43.7 Å². The highest BCUT2D eigenvalue weighted by atomic mass is 79.9. The second-order valence-corrected chi connectivity index (χ2v) is 5.16. The van der Waals surface area contributed by atoms with E-state index in [0.717, 1.165) is 29.0 Å². The molecule has 0 bridgehead atoms. The van der Waals surface area contributed by atoms with E-state index in [2.05, 4.69) is 25.5 Å². The van der Waals surface area contributed by atoms with Gasteiger partial charge in [-0.1, -0.05) is 15.9 Å². The van der Waals surface area contributed by atoms with Gasteiger partial charge in [0.15, 0.2) is 0 Å². The third kappa shape index (κ3) is 3.81. The van der Waals surface area contributed by atoms with Gasteiger partial charge in [0.05, 0.1) is 6.54 Å². The zero-order chi connectivity index (χ0) is 13.7. The summed E-state index contributed by atoms with van der Waals surface area (Å²) >= 11 is 3.52. The van der Waals surface area contributed by atoms with Gasteiger partial charge in [0.1, 0.15) is 18.2 Å². The van der Waals surface area contributed by atoms with Crippen LogP contribution in [0.5, 0.6) is 5.75 Å². The van der Waals surface area contributed by atoms with E-state index in [9.17, 15) is 0 Å². The van der Waals surface area contributed by atoms with Crippen LogP contribution in [-0.4, -0.2) is 22.7 Å². The van der Waals surface area contributed by atoms with E-state index in [1.54, 1.807) is 6.20 Å². The van der Waals surface area contributed by atoms with Crippen LogP contribution in [0.25, 0.3) is 0 Å². The molecule has 2 aromatic rings. The monoisotopic (exact) mass is 323 g/mol. The number of imidazole rings is 1. The van der Waals surface area contributed by atoms with Crippen LogP contribution in [0.2, 0.25) is 0 Å². The molecule has 0 radical (unpaired) electrons. The van der Waals surface area contributed by atoms with E-state index < -0.39 is 0 Å². The van der Waals surface area contributed by atoms with Crippen molar-refractivity contribution in [2.45, 2.75) is 19.9 Å². The quantitative estimate of drug-likeness (QED) is 0.888. The third-order valence-electron chi connectivity index (χ3n) is 2.96. The standard InChI is InChI=1S/C14H18BrN3O/c1-11-17-6-7-18(11)8-9-19-13-2-3-14(15)12(10-13)4-5-16/h2-3,6-7,10H,4-5,8-9,16H2,1H3. The van der Waals surface area contributed by atoms with Gasteiger partial charge >= 0.3 is 0 Å². The van der Waals surface area contributed by atoms with Gasteiger partial charge in [0, 0.05) is 16.9 Å². The average Bonchev–Trinajstić information content (AvgIpc) is 2.79. The highest BCUT2D eigenvalue weighted by molar-refractivity contribution is 9.10. The normalized spacial score (nSPS) is 10.7. The first-order valence-electron chi connectivity index (χ1n) is 6.29. The lowest BCUT2D eigenvalue weighted by Crippen LogP contribution is -2.09. The summed E-state index contributed by atoms with van der Waals surface area (Å²) in [5, 5.41) is 0. The lowest BCUT2D eigenvalue weighted by Gasteiger charge is -2.10. The minimum Gasteiger partial charge on any atom is -0.492 e. The predicted octanol–water partition coefficient (Wildman–Crippen LogP) is 2.53. The van der Waals surface area contributed by atoms with Gasteiger partial charge in [0.25, 0.3) is 0 Å². The fraction of sp³-hybridized carbons (Fsp3) is 0.357. The van der Waals surface area contributed by atoms with Crippen LogP contribution in [0.3, 0.4) is 0 Å². The summed E-state index contributed by atoms with van der Waals surface area (Å²) in [5.74, 6) is 1.88. The number of halogens is 1. The number of hydrogen-bond donors (Lipinski definition) is 1. The molecule has 0 fully saturated rings. The number of rotatable bonds is 6. The summed E-state index contributed by atoms with van der Waals surface area (Å²) in [4.78, 5) is 4.18. The van der Waals surface area contributed by atoms with Gasteiger partial charge in [0.2, 0.25) is 0 Å². The summed E-state index contributed by atoms with van der Waals surface area (Å²) < 4.78 is 8.91. The summed E-state index contributed by atoms with van der Waals surface area (Å²) in [6, 6.07) is 6.01. The van der Waals surface area contributed by atoms with E-state index in [4.69, 9.17) is 10.5 Å². The van der Waals surface area contributed by atoms with E-state index in [1.165, 1.54) is 5.56 Å². The Bertz CT molecular complexity index is 539. The maximum atomic E-state index is 5.77. The number of nitrogens with zero attached hydrogens (tertiary/aromatic N) is 2. The Morgan fingerprint density at radius 1 is 1.42 bits per heavy atom. The maximum absolute atomic E-state index is 5.77. The molecule has 102 valence electrons. The molecule has 0 aliphatic rings. The fourth-order valence-electron chi connectivity index (χ4n) is 1.89. The molecule has 0 spiro atoms. The SMILES string of the molecule is Cc1nccn1CCOc1ccc(Br)c(CCN)c1. The number of nitrogens with two attached hydrogens (primary N) is 1. The fourth-order valence-corrected chi connectivity index (χ4v) is 2.33. The third-order valence-corrected chi connectivity index (χ3v) is 3.73. The highest BCUT2D eigenvalue weighted by Crippen LogP contribution is 2.22. The molecule has 0 saturated heterocycles. The lowest BCUT2D eigenvalue weighted by atomic mass is 10.1. The molecule has 2 rings (SSSR count). The summed E-state index contributed by atoms with van der Waals surface area (Å²) in [5.41, 5.74) is 6.77. The van der Waals surface area contributed by atoms with Crippen molar-refractivity contribution in [3.63, 3.8) is 0 Å². The molecular weight excluding hydrogens is 306 g/mol. The molecule has 0 atom stereocenters. The number of hydrogen-bond acceptors (Lipinski definition) is 3. The Balaban J connectivity index is 1.92. The predicted molar refractivity (Wildman–Crippen MR) is 79.4 cm³/mol. The van der Waals surface area contributed by atoms with Crippen LogP contribution in [0.4, 0.5) is 0 Å². The Hall–Kier alpha value is -1.33. The van der Waals surface area contributed by atoms with Gasteiger partial charge in [-0.25, -0.2) is 4.98 Å². The maximum Gasteiger partial charge on any atom is 0.119 e. The first-order valence-corrected chi connectivity index (χ1v) is 7.09. The minimum absolute atomic E-state index is 0.626. The molecule has 0 amide bonds. The molecule has 4 nitrogen and oxygen atoms in total. The van der Waals surface area contributed by atoms with Gasteiger partial charge in [-0.3, -0.25) is 0 Å². The van der Waals surface area contributed by atoms with Crippen molar-refractivity contribution in [3.05, 3.63) is 46.5 Å². The van der Waals surface area contributed by atoms with Gasteiger partial charge < -0.3 is 15.0 Å². The number of aromatic nitrogens is 2. The van der Waals surface area contributed by atoms with Crippen LogP contribution < -0.4 is 10.5 Å². The molecule has 1 aromatic carbocycles. The summed E-state index contributed by atoms with van der Waals surface area (Å²) in [6.07, 6.45) is 4.60. The second-order valence-electron chi connectivity index (χ2n) is 4.31. The van der Waals surface area contributed by atoms with Crippen molar-refractivity contribution in [3.8, 4) is 5.75 Å². The smallest absolute Gasteiger partial charge is 0.119 e. The number of benzene rings is 1. The van der Waals surface area contributed by atoms with Crippen LogP contribution in [-0.2, 0) is 13.0 Å². The first kappa shape index (κ1) is 14.1. The molecule has 19 heavy (non-hydrogen) atoms. The second kappa shape index (κ2) is 6.73. The van der Waals surface area contributed by atoms with E-state index in [0.29, 0.717) is 13.2 Å². The Morgan fingerprint density at radius 2 is 2.26 bits per heavy atom. The van der Waals surface area contributed by atoms with Crippen LogP contribution >= 0.6 is 15.9 Å². The van der Waals surface area contributed by atoms with Crippen LogP contribution in [0, 0.1) is 6.92 Å². The Morgan fingerprint density at radius 3 is 2.95 bits per heavy atom. The molecule has 0 unspecified atom stereocenters. The van der Waals surface area contributed by atoms with Crippen molar-refractivity contribution in [1.29, 1.82) is 0 Å². The lowest BCUT2D eigenvalue weighted by molar-refractivity contribution is 0.296. The van der Waals surface area contributed by atoms with E-state index >= 15 is 0 Å². The Labute approximate surface area is 121 Å². The number of aryl methyl sites for hydroxylation is 1. The van der Waals surface area contributed by atoms with Crippen molar-refractivity contribution in [1.82, 2.24) is 9.55 Å². The van der Waals surface area contributed by atoms with Crippen molar-refractivity contribution >= 4 is 15.9 Å². The van der Waals surface area contributed by atoms with E-state index in [1.807, 2.05) is 31.3 Å². The van der Waals surface area contributed by atoms with E-state index in [-0.39, 0.29) is 0 Å². The van der Waals surface area contributed by atoms with Crippen molar-refractivity contribution in [2.75, 3.05) is 13.2 Å². The molecule has 1 heterocycles. The molecular formula is C14H18BrN3O. The highest BCUT2D eigenvalue weighted by Gasteiger charge is 2.02. The van der Waals surface area contributed by atoms with Crippen LogP contribution in [0.15, 0.2) is 35.1 Å². The van der Waals surface area contributed by atoms with Gasteiger partial charge in [-0.2, -0.15) is 0 Å². The molecule has 5 heteroatoms. The summed E-state index contributed by atoms with van der Waals surface area (Å²) in [7, 11) is 0. The van der Waals surface area contributed by atoms with Crippen molar-refractivity contribution < 1.29 is 4.74 Å². The van der Waals surface area contributed by atoms with Gasteiger partial charge in [-0.15, -0.1) is 0 Å². The minimum atomic E-state index is 0.626. The zero-order valence-electron chi connectivity index (χ0n) is 11.0. The molecule has 2 N–H and O–H groups in total. The van der Waals surface area contributed by atoms with Crippen molar-refractivity contribution in [2.24, 2.45) is 5.73 Å². The van der Waals surface area contributed by atoms with Crippen LogP contribution in [0.1, 0.15) is 11.4 Å².